The van der Waals surface area contributed by atoms with Crippen LogP contribution in [0.3, 0.4) is 0 Å². The normalized spacial score (nSPS) is 14.8. The Morgan fingerprint density at radius 1 is 1.89 bits per heavy atom. The first-order valence-electron chi connectivity index (χ1n) is 1.99. The zero-order valence-electron chi connectivity index (χ0n) is 5.33. The van der Waals surface area contributed by atoms with Crippen LogP contribution in [0.5, 0.6) is 0 Å². The predicted molar refractivity (Wildman–Crippen MR) is 24.8 cm³/mol. The monoisotopic (exact) mass is 157 g/mol. The summed E-state index contributed by atoms with van der Waals surface area (Å²) in [7, 11) is -4.12. The second-order valence-corrected chi connectivity index (χ2v) is 2.47. The molecule has 6 heteroatoms. The van der Waals surface area contributed by atoms with Crippen molar-refractivity contribution in [2.45, 2.75) is 6.92 Å². The van der Waals surface area contributed by atoms with Crippen LogP contribution in [-0.4, -0.2) is 6.61 Å². The van der Waals surface area contributed by atoms with Crippen LogP contribution >= 0.6 is 7.60 Å². The van der Waals surface area contributed by atoms with Gasteiger partial charge in [-0.05, 0) is 6.92 Å². The van der Waals surface area contributed by atoms with Gasteiger partial charge in [-0.15, -0.1) is 0 Å². The zero-order chi connectivity index (χ0) is 6.62. The molecule has 0 amide bonds. The molecule has 0 bridgehead atoms. The van der Waals surface area contributed by atoms with Crippen molar-refractivity contribution in [1.29, 1.82) is 5.26 Å². The van der Waals surface area contributed by atoms with Gasteiger partial charge in [-0.25, -0.2) is 0 Å². The molecule has 0 spiro atoms. The van der Waals surface area contributed by atoms with Gasteiger partial charge in [-0.3, -0.25) is 4.57 Å². The number of nitriles is 1. The summed E-state index contributed by atoms with van der Waals surface area (Å²) in [5.41, 5.74) is 0. The van der Waals surface area contributed by atoms with Crippen LogP contribution in [0.2, 0.25) is 0 Å². The number of rotatable bonds is 2. The van der Waals surface area contributed by atoms with Crippen molar-refractivity contribution in [2.24, 2.45) is 0 Å². The molecule has 0 aromatic carbocycles. The van der Waals surface area contributed by atoms with E-state index in [0.717, 1.165) is 5.81 Å². The average Bonchev–Trinajstić information content (AvgIpc) is 1.67. The summed E-state index contributed by atoms with van der Waals surface area (Å²) in [4.78, 5) is 10.0. The minimum atomic E-state index is -4.12. The molecule has 0 aromatic heterocycles. The molecule has 0 aliphatic heterocycles. The molecule has 46 valence electrons. The van der Waals surface area contributed by atoms with E-state index in [1.807, 2.05) is 0 Å². The first kappa shape index (κ1) is 12.3. The molecule has 0 aliphatic rings. The molecule has 1 unspecified atom stereocenters. The van der Waals surface area contributed by atoms with Crippen LogP contribution in [-0.2, 0) is 9.09 Å². The van der Waals surface area contributed by atoms with Crippen molar-refractivity contribution in [3.05, 3.63) is 0 Å². The molecule has 0 fully saturated rings. The first-order valence-corrected chi connectivity index (χ1v) is 3.53. The molecule has 0 heterocycles. The van der Waals surface area contributed by atoms with Gasteiger partial charge in [0.1, 0.15) is 5.81 Å². The Hall–Kier alpha value is 0.640. The molecular weight excluding hydrogens is 152 g/mol. The zero-order valence-corrected chi connectivity index (χ0v) is 8.22. The maximum absolute atomic E-state index is 10.0. The fraction of sp³-hybridized carbons (Fsp3) is 0.667. The molecule has 1 atom stereocenters. The van der Waals surface area contributed by atoms with E-state index in [0.29, 0.717) is 0 Å². The van der Waals surface area contributed by atoms with Gasteiger partial charge in [0.15, 0.2) is 0 Å². The second-order valence-electron chi connectivity index (χ2n) is 1.02. The van der Waals surface area contributed by atoms with Gasteiger partial charge < -0.3 is 9.42 Å². The van der Waals surface area contributed by atoms with Gasteiger partial charge in [0.2, 0.25) is 7.60 Å². The maximum atomic E-state index is 10.0. The van der Waals surface area contributed by atoms with Crippen molar-refractivity contribution >= 4 is 7.60 Å². The fourth-order valence-electron chi connectivity index (χ4n) is 0.199. The minimum Gasteiger partial charge on any atom is -0.767 e. The SMILES string of the molecule is CCOP(=O)([O-])C#N.[Na+]. The van der Waals surface area contributed by atoms with E-state index in [9.17, 15) is 9.46 Å². The van der Waals surface area contributed by atoms with E-state index >= 15 is 0 Å². The first-order chi connectivity index (χ1) is 3.62. The Kier molecular flexibility index (Phi) is 7.43. The topological polar surface area (TPSA) is 73.2 Å². The van der Waals surface area contributed by atoms with Crippen molar-refractivity contribution in [2.75, 3.05) is 6.61 Å². The molecule has 0 saturated heterocycles. The largest absolute Gasteiger partial charge is 1.00 e. The molecule has 0 aliphatic carbocycles. The van der Waals surface area contributed by atoms with Gasteiger partial charge in [0.25, 0.3) is 0 Å². The molecule has 0 rings (SSSR count). The predicted octanol–water partition coefficient (Wildman–Crippen LogP) is -2.94. The molecular formula is C3H5NNaO3P. The minimum absolute atomic E-state index is 0. The number of hydrogen-bond donors (Lipinski definition) is 0. The Bertz CT molecular complexity index is 154. The van der Waals surface area contributed by atoms with E-state index in [-0.39, 0.29) is 36.2 Å². The van der Waals surface area contributed by atoms with Crippen LogP contribution in [0.1, 0.15) is 6.92 Å². The summed E-state index contributed by atoms with van der Waals surface area (Å²) in [6.07, 6.45) is 0. The third kappa shape index (κ3) is 6.53. The van der Waals surface area contributed by atoms with E-state index in [4.69, 9.17) is 5.26 Å². The van der Waals surface area contributed by atoms with Crippen LogP contribution in [0, 0.1) is 11.1 Å². The van der Waals surface area contributed by atoms with Crippen LogP contribution < -0.4 is 34.5 Å². The maximum Gasteiger partial charge on any atom is 1.00 e. The summed E-state index contributed by atoms with van der Waals surface area (Å²) in [5.74, 6) is 1.02. The third-order valence-electron chi connectivity index (χ3n) is 0.422. The summed E-state index contributed by atoms with van der Waals surface area (Å²) in [6, 6.07) is 0. The summed E-state index contributed by atoms with van der Waals surface area (Å²) >= 11 is 0. The molecule has 0 N–H and O–H groups in total. The second kappa shape index (κ2) is 5.43. The molecule has 0 aromatic rings. The van der Waals surface area contributed by atoms with Crippen molar-refractivity contribution in [1.82, 2.24) is 0 Å². The van der Waals surface area contributed by atoms with Gasteiger partial charge in [-0.2, -0.15) is 5.26 Å². The van der Waals surface area contributed by atoms with Crippen molar-refractivity contribution < 1.29 is 43.5 Å². The Labute approximate surface area is 75.6 Å². The Morgan fingerprint density at radius 2 is 2.33 bits per heavy atom. The van der Waals surface area contributed by atoms with Crippen LogP contribution in [0.4, 0.5) is 0 Å². The van der Waals surface area contributed by atoms with Gasteiger partial charge in [-0.1, -0.05) is 0 Å². The van der Waals surface area contributed by atoms with E-state index in [1.54, 1.807) is 0 Å². The molecule has 9 heavy (non-hydrogen) atoms. The molecule has 4 nitrogen and oxygen atoms in total. The summed E-state index contributed by atoms with van der Waals surface area (Å²) < 4.78 is 14.1. The fourth-order valence-corrected chi connectivity index (χ4v) is 0.596. The third-order valence-corrected chi connectivity index (χ3v) is 1.26. The van der Waals surface area contributed by atoms with Gasteiger partial charge in [0, 0.05) is 0 Å². The Balaban J connectivity index is 0. The van der Waals surface area contributed by atoms with Crippen molar-refractivity contribution in [3.8, 4) is 5.81 Å². The van der Waals surface area contributed by atoms with Gasteiger partial charge in [0.05, 0.1) is 6.61 Å². The van der Waals surface area contributed by atoms with E-state index < -0.39 is 7.60 Å². The quantitative estimate of drug-likeness (QED) is 0.317. The standard InChI is InChI=1S/C3H6NO3P.Na/c1-2-7-8(5,6)3-4;/h2H2,1H3,(H,5,6);/q;+1/p-1. The molecule has 0 saturated carbocycles. The molecule has 0 radical (unpaired) electrons. The number of nitrogens with zero attached hydrogens (tertiary/aromatic N) is 1. The van der Waals surface area contributed by atoms with Gasteiger partial charge >= 0.3 is 29.6 Å². The van der Waals surface area contributed by atoms with Crippen LogP contribution in [0.15, 0.2) is 0 Å². The van der Waals surface area contributed by atoms with E-state index in [1.165, 1.54) is 6.92 Å². The summed E-state index contributed by atoms with van der Waals surface area (Å²) in [6.45, 7) is 1.52. The van der Waals surface area contributed by atoms with Crippen molar-refractivity contribution in [3.63, 3.8) is 0 Å². The van der Waals surface area contributed by atoms with Crippen LogP contribution in [0.25, 0.3) is 0 Å². The smallest absolute Gasteiger partial charge is 0.767 e. The Morgan fingerprint density at radius 3 is 2.44 bits per heavy atom. The average molecular weight is 157 g/mol. The summed E-state index contributed by atoms with van der Waals surface area (Å²) in [5, 5.41) is 7.77. The number of hydrogen-bond acceptors (Lipinski definition) is 4. The van der Waals surface area contributed by atoms with E-state index in [2.05, 4.69) is 4.52 Å².